The van der Waals surface area contributed by atoms with Gasteiger partial charge in [0.2, 0.25) is 0 Å². The summed E-state index contributed by atoms with van der Waals surface area (Å²) < 4.78 is 34.9. The minimum Gasteiger partial charge on any atom is -0.423 e. The molecule has 0 aliphatic carbocycles. The number of hydrogen-bond donors (Lipinski definition) is 0. The van der Waals surface area contributed by atoms with Crippen LogP contribution in [0.2, 0.25) is 15.1 Å². The van der Waals surface area contributed by atoms with E-state index in [-0.39, 0.29) is 26.4 Å². The van der Waals surface area contributed by atoms with Gasteiger partial charge in [-0.2, -0.15) is 8.42 Å². The molecule has 0 fully saturated rings. The van der Waals surface area contributed by atoms with E-state index in [1.54, 1.807) is 12.1 Å². The van der Waals surface area contributed by atoms with E-state index in [2.05, 4.69) is 0 Å². The van der Waals surface area contributed by atoms with Crippen LogP contribution in [0.15, 0.2) is 56.6 Å². The van der Waals surface area contributed by atoms with Gasteiger partial charge in [-0.05, 0) is 30.3 Å². The first-order valence-corrected chi connectivity index (χ1v) is 8.93. The van der Waals surface area contributed by atoms with Crippen LogP contribution in [-0.4, -0.2) is 8.42 Å². The van der Waals surface area contributed by atoms with Crippen molar-refractivity contribution in [1.29, 1.82) is 0 Å². The Morgan fingerprint density at radius 3 is 2.21 bits per heavy atom. The van der Waals surface area contributed by atoms with Crippen molar-refractivity contribution in [3.8, 4) is 5.75 Å². The average molecular weight is 406 g/mol. The van der Waals surface area contributed by atoms with Crippen molar-refractivity contribution >= 4 is 55.9 Å². The summed E-state index contributed by atoms with van der Waals surface area (Å²) in [7, 11) is -4.31. The van der Waals surface area contributed by atoms with Gasteiger partial charge in [0.1, 0.15) is 16.2 Å². The molecular weight excluding hydrogens is 399 g/mol. The van der Waals surface area contributed by atoms with E-state index in [1.807, 2.05) is 0 Å². The second-order valence-electron chi connectivity index (χ2n) is 4.69. The van der Waals surface area contributed by atoms with Gasteiger partial charge in [0.05, 0.1) is 10.0 Å². The van der Waals surface area contributed by atoms with Crippen molar-refractivity contribution in [2.24, 2.45) is 0 Å². The molecule has 5 nitrogen and oxygen atoms in total. The molecule has 0 saturated carbocycles. The van der Waals surface area contributed by atoms with Crippen LogP contribution in [0.4, 0.5) is 0 Å². The molecule has 24 heavy (non-hydrogen) atoms. The van der Waals surface area contributed by atoms with Crippen molar-refractivity contribution in [1.82, 2.24) is 0 Å². The van der Waals surface area contributed by atoms with Crippen molar-refractivity contribution in [3.63, 3.8) is 0 Å². The van der Waals surface area contributed by atoms with Crippen LogP contribution in [-0.2, 0) is 10.1 Å². The zero-order valence-corrected chi connectivity index (χ0v) is 14.7. The molecule has 0 N–H and O–H groups in total. The quantitative estimate of drug-likeness (QED) is 0.473. The van der Waals surface area contributed by atoms with E-state index in [1.165, 1.54) is 30.3 Å². The Morgan fingerprint density at radius 1 is 0.917 bits per heavy atom. The number of rotatable bonds is 3. The van der Waals surface area contributed by atoms with Crippen molar-refractivity contribution in [2.75, 3.05) is 0 Å². The standard InChI is InChI=1S/C15H7Cl3O5S/c16-9-5-11(17)15(12(18)6-9)24(20,21)23-10-3-1-8-2-4-14(19)22-13(8)7-10/h1-7H. The second-order valence-corrected chi connectivity index (χ2v) is 7.42. The molecule has 0 spiro atoms. The number of hydrogen-bond acceptors (Lipinski definition) is 5. The molecule has 0 atom stereocenters. The third kappa shape index (κ3) is 3.37. The van der Waals surface area contributed by atoms with Gasteiger partial charge in [-0.15, -0.1) is 0 Å². The van der Waals surface area contributed by atoms with Gasteiger partial charge in [-0.1, -0.05) is 34.8 Å². The Kier molecular flexibility index (Phi) is 4.48. The van der Waals surface area contributed by atoms with Gasteiger partial charge in [0.15, 0.2) is 0 Å². The first-order chi connectivity index (χ1) is 11.3. The molecule has 2 aromatic carbocycles. The lowest BCUT2D eigenvalue weighted by Crippen LogP contribution is -2.11. The molecule has 0 amide bonds. The van der Waals surface area contributed by atoms with Gasteiger partial charge in [0, 0.05) is 22.5 Å². The van der Waals surface area contributed by atoms with Crippen LogP contribution in [0.25, 0.3) is 11.0 Å². The summed E-state index contributed by atoms with van der Waals surface area (Å²) in [5.74, 6) is -0.0565. The lowest BCUT2D eigenvalue weighted by molar-refractivity contribution is 0.485. The highest BCUT2D eigenvalue weighted by atomic mass is 35.5. The second kappa shape index (κ2) is 6.29. The number of fused-ring (bicyclic) bond motifs is 1. The van der Waals surface area contributed by atoms with Crippen LogP contribution < -0.4 is 9.81 Å². The molecule has 1 aromatic heterocycles. The summed E-state index contributed by atoms with van der Waals surface area (Å²) >= 11 is 17.6. The van der Waals surface area contributed by atoms with Crippen molar-refractivity contribution < 1.29 is 17.0 Å². The molecule has 0 saturated heterocycles. The maximum atomic E-state index is 12.4. The minimum absolute atomic E-state index is 0.0565. The summed E-state index contributed by atoms with van der Waals surface area (Å²) in [5, 5.41) is 0.470. The highest BCUT2D eigenvalue weighted by Gasteiger charge is 2.25. The average Bonchev–Trinajstić information content (AvgIpc) is 2.44. The monoisotopic (exact) mass is 404 g/mol. The maximum absolute atomic E-state index is 12.4. The predicted octanol–water partition coefficient (Wildman–Crippen LogP) is 4.52. The zero-order chi connectivity index (χ0) is 17.5. The molecule has 0 aliphatic rings. The first-order valence-electron chi connectivity index (χ1n) is 6.39. The molecule has 124 valence electrons. The summed E-state index contributed by atoms with van der Waals surface area (Å²) in [6.45, 7) is 0. The summed E-state index contributed by atoms with van der Waals surface area (Å²) in [6.07, 6.45) is 0. The fourth-order valence-corrected chi connectivity index (χ4v) is 4.45. The molecule has 3 aromatic rings. The van der Waals surface area contributed by atoms with Gasteiger partial charge in [-0.25, -0.2) is 4.79 Å². The molecule has 0 aliphatic heterocycles. The van der Waals surface area contributed by atoms with E-state index < -0.39 is 20.6 Å². The molecule has 1 heterocycles. The van der Waals surface area contributed by atoms with E-state index in [9.17, 15) is 13.2 Å². The third-order valence-corrected chi connectivity index (χ3v) is 5.40. The SMILES string of the molecule is O=c1ccc2ccc(OS(=O)(=O)c3c(Cl)cc(Cl)cc3Cl)cc2o1. The van der Waals surface area contributed by atoms with Crippen LogP contribution in [0.5, 0.6) is 5.75 Å². The zero-order valence-electron chi connectivity index (χ0n) is 11.6. The Balaban J connectivity index is 2.05. The largest absolute Gasteiger partial charge is 0.423 e. The maximum Gasteiger partial charge on any atom is 0.342 e. The Morgan fingerprint density at radius 2 is 1.54 bits per heavy atom. The van der Waals surface area contributed by atoms with Crippen molar-refractivity contribution in [2.45, 2.75) is 4.90 Å². The first kappa shape index (κ1) is 17.1. The Labute approximate surface area is 151 Å². The topological polar surface area (TPSA) is 73.6 Å². The highest BCUT2D eigenvalue weighted by Crippen LogP contribution is 2.34. The molecule has 0 radical (unpaired) electrons. The van der Waals surface area contributed by atoms with E-state index >= 15 is 0 Å². The van der Waals surface area contributed by atoms with Gasteiger partial charge in [0.25, 0.3) is 0 Å². The lowest BCUT2D eigenvalue weighted by Gasteiger charge is -2.10. The number of benzene rings is 2. The third-order valence-electron chi connectivity index (χ3n) is 3.01. The van der Waals surface area contributed by atoms with Crippen LogP contribution >= 0.6 is 34.8 Å². The molecule has 9 heteroatoms. The predicted molar refractivity (Wildman–Crippen MR) is 91.8 cm³/mol. The van der Waals surface area contributed by atoms with E-state index in [0.717, 1.165) is 0 Å². The minimum atomic E-state index is -4.31. The van der Waals surface area contributed by atoms with Crippen LogP contribution in [0.1, 0.15) is 0 Å². The van der Waals surface area contributed by atoms with E-state index in [0.29, 0.717) is 5.39 Å². The molecule has 0 unspecified atom stereocenters. The fourth-order valence-electron chi connectivity index (χ4n) is 2.03. The molecular formula is C15H7Cl3O5S. The van der Waals surface area contributed by atoms with Crippen LogP contribution in [0.3, 0.4) is 0 Å². The van der Waals surface area contributed by atoms with E-state index in [4.69, 9.17) is 43.4 Å². The summed E-state index contributed by atoms with van der Waals surface area (Å²) in [6, 6.07) is 9.53. The van der Waals surface area contributed by atoms with Crippen LogP contribution in [0, 0.1) is 0 Å². The Hall–Kier alpha value is -1.73. The number of halogens is 3. The lowest BCUT2D eigenvalue weighted by atomic mass is 10.2. The fraction of sp³-hybridized carbons (Fsp3) is 0. The highest BCUT2D eigenvalue weighted by molar-refractivity contribution is 7.87. The van der Waals surface area contributed by atoms with Gasteiger partial charge >= 0.3 is 15.7 Å². The normalized spacial score (nSPS) is 11.6. The van der Waals surface area contributed by atoms with Crippen molar-refractivity contribution in [3.05, 3.63) is 68.0 Å². The summed E-state index contributed by atoms with van der Waals surface area (Å²) in [4.78, 5) is 10.9. The molecule has 3 rings (SSSR count). The smallest absolute Gasteiger partial charge is 0.342 e. The summed E-state index contributed by atoms with van der Waals surface area (Å²) in [5.41, 5.74) is -0.380. The van der Waals surface area contributed by atoms with Gasteiger partial charge < -0.3 is 8.60 Å². The Bertz CT molecular complexity index is 1080. The van der Waals surface area contributed by atoms with Gasteiger partial charge in [-0.3, -0.25) is 0 Å². The molecule has 0 bridgehead atoms.